The molecule has 1 heterocycles. The first-order valence-corrected chi connectivity index (χ1v) is 8.35. The summed E-state index contributed by atoms with van der Waals surface area (Å²) >= 11 is 3.48. The average molecular weight is 352 g/mol. The number of benzene rings is 1. The summed E-state index contributed by atoms with van der Waals surface area (Å²) < 4.78 is 0.950. The molecule has 0 saturated carbocycles. The quantitative estimate of drug-likeness (QED) is 0.821. The average Bonchev–Trinajstić information content (AvgIpc) is 2.66. The molecule has 1 atom stereocenters. The smallest absolute Gasteiger partial charge is 0.254 e. The van der Waals surface area contributed by atoms with Crippen LogP contribution in [0.2, 0.25) is 0 Å². The Morgan fingerprint density at radius 1 is 1.29 bits per heavy atom. The van der Waals surface area contributed by atoms with Crippen molar-refractivity contribution >= 4 is 27.6 Å². The Morgan fingerprint density at radius 3 is 2.71 bits per heavy atom. The van der Waals surface area contributed by atoms with Crippen LogP contribution in [0.5, 0.6) is 0 Å². The molecular formula is C17H22BrNO2. The number of amides is 1. The number of aryl methyl sites for hydroxylation is 1. The van der Waals surface area contributed by atoms with Crippen molar-refractivity contribution in [3.8, 4) is 0 Å². The van der Waals surface area contributed by atoms with Crippen LogP contribution in [-0.2, 0) is 4.79 Å². The minimum Gasteiger partial charge on any atom is -0.335 e. The largest absolute Gasteiger partial charge is 0.335 e. The van der Waals surface area contributed by atoms with Crippen LogP contribution in [0.25, 0.3) is 0 Å². The predicted octanol–water partition coefficient (Wildman–Crippen LogP) is 4.12. The molecule has 0 spiro atoms. The summed E-state index contributed by atoms with van der Waals surface area (Å²) in [6.07, 6.45) is 4.65. The minimum atomic E-state index is 0.0452. The maximum atomic E-state index is 12.8. The maximum Gasteiger partial charge on any atom is 0.254 e. The number of nitrogens with zero attached hydrogens (tertiary/aromatic N) is 1. The highest BCUT2D eigenvalue weighted by atomic mass is 79.9. The molecule has 0 aromatic heterocycles. The van der Waals surface area contributed by atoms with Gasteiger partial charge in [0.25, 0.3) is 5.91 Å². The lowest BCUT2D eigenvalue weighted by Crippen LogP contribution is -2.41. The molecule has 1 aromatic carbocycles. The van der Waals surface area contributed by atoms with E-state index in [1.165, 1.54) is 0 Å². The molecule has 1 unspecified atom stereocenters. The number of likely N-dealkylation sites (tertiary alicyclic amines) is 1. The number of hydrogen-bond acceptors (Lipinski definition) is 2. The Kier molecular flexibility index (Phi) is 5.57. The van der Waals surface area contributed by atoms with Crippen molar-refractivity contribution < 1.29 is 9.59 Å². The lowest BCUT2D eigenvalue weighted by molar-refractivity contribution is -0.118. The fourth-order valence-electron chi connectivity index (χ4n) is 2.88. The zero-order valence-corrected chi connectivity index (χ0v) is 14.3. The highest BCUT2D eigenvalue weighted by Crippen LogP contribution is 2.24. The van der Waals surface area contributed by atoms with Crippen LogP contribution in [0, 0.1) is 6.92 Å². The van der Waals surface area contributed by atoms with Gasteiger partial charge in [0.15, 0.2) is 0 Å². The van der Waals surface area contributed by atoms with E-state index in [9.17, 15) is 9.59 Å². The Labute approximate surface area is 134 Å². The standard InChI is InChI=1S/C17H22BrNO2/c1-12-7-8-14(11-16(12)18)17(21)19-9-5-3-4-6-15(19)10-13(2)20/h7-8,11,15H,3-6,9-10H2,1-2H3. The molecule has 114 valence electrons. The van der Waals surface area contributed by atoms with E-state index in [0.29, 0.717) is 12.0 Å². The third kappa shape index (κ3) is 4.16. The van der Waals surface area contributed by atoms with Crippen LogP contribution in [0.15, 0.2) is 22.7 Å². The van der Waals surface area contributed by atoms with E-state index < -0.39 is 0 Å². The molecular weight excluding hydrogens is 330 g/mol. The van der Waals surface area contributed by atoms with Crippen LogP contribution < -0.4 is 0 Å². The molecule has 0 N–H and O–H groups in total. The first-order valence-electron chi connectivity index (χ1n) is 7.55. The number of hydrogen-bond donors (Lipinski definition) is 0. The molecule has 0 aliphatic carbocycles. The second kappa shape index (κ2) is 7.21. The van der Waals surface area contributed by atoms with Crippen molar-refractivity contribution in [3.05, 3.63) is 33.8 Å². The first-order chi connectivity index (χ1) is 9.99. The molecule has 1 amide bonds. The van der Waals surface area contributed by atoms with E-state index in [4.69, 9.17) is 0 Å². The number of carbonyl (C=O) groups excluding carboxylic acids is 2. The number of rotatable bonds is 3. The summed E-state index contributed by atoms with van der Waals surface area (Å²) in [7, 11) is 0. The molecule has 1 aromatic rings. The van der Waals surface area contributed by atoms with Gasteiger partial charge in [-0.05, 0) is 44.4 Å². The Bertz CT molecular complexity index is 542. The second-order valence-corrected chi connectivity index (χ2v) is 6.73. The summed E-state index contributed by atoms with van der Waals surface area (Å²) in [5.74, 6) is 0.202. The molecule has 1 saturated heterocycles. The highest BCUT2D eigenvalue weighted by Gasteiger charge is 2.27. The van der Waals surface area contributed by atoms with E-state index in [2.05, 4.69) is 15.9 Å². The molecule has 4 heteroatoms. The summed E-state index contributed by atoms with van der Waals surface area (Å²) in [6.45, 7) is 4.36. The third-order valence-electron chi connectivity index (χ3n) is 4.08. The first kappa shape index (κ1) is 16.2. The van der Waals surface area contributed by atoms with Crippen molar-refractivity contribution in [2.75, 3.05) is 6.54 Å². The molecule has 1 fully saturated rings. The SMILES string of the molecule is CC(=O)CC1CCCCCN1C(=O)c1ccc(C)c(Br)c1. The topological polar surface area (TPSA) is 37.4 Å². The highest BCUT2D eigenvalue weighted by molar-refractivity contribution is 9.10. The van der Waals surface area contributed by atoms with Gasteiger partial charge in [0, 0.05) is 29.0 Å². The Hall–Kier alpha value is -1.16. The van der Waals surface area contributed by atoms with Gasteiger partial charge in [-0.15, -0.1) is 0 Å². The van der Waals surface area contributed by atoms with Crippen molar-refractivity contribution in [2.24, 2.45) is 0 Å². The Morgan fingerprint density at radius 2 is 2.05 bits per heavy atom. The van der Waals surface area contributed by atoms with E-state index in [-0.39, 0.29) is 17.7 Å². The summed E-state index contributed by atoms with van der Waals surface area (Å²) in [4.78, 5) is 26.2. The van der Waals surface area contributed by atoms with E-state index >= 15 is 0 Å². The van der Waals surface area contributed by atoms with Gasteiger partial charge < -0.3 is 4.90 Å². The number of halogens is 1. The lowest BCUT2D eigenvalue weighted by Gasteiger charge is -2.29. The van der Waals surface area contributed by atoms with Gasteiger partial charge in [0.2, 0.25) is 0 Å². The second-order valence-electron chi connectivity index (χ2n) is 5.87. The fraction of sp³-hybridized carbons (Fsp3) is 0.529. The molecule has 3 nitrogen and oxygen atoms in total. The summed E-state index contributed by atoms with van der Waals surface area (Å²) in [5.41, 5.74) is 1.81. The molecule has 0 radical (unpaired) electrons. The van der Waals surface area contributed by atoms with Crippen molar-refractivity contribution in [1.29, 1.82) is 0 Å². The number of carbonyl (C=O) groups is 2. The number of ketones is 1. The normalized spacial score (nSPS) is 19.2. The molecule has 1 aliphatic rings. The van der Waals surface area contributed by atoms with Crippen LogP contribution in [-0.4, -0.2) is 29.2 Å². The van der Waals surface area contributed by atoms with Gasteiger partial charge in [0.05, 0.1) is 0 Å². The zero-order valence-electron chi connectivity index (χ0n) is 12.7. The van der Waals surface area contributed by atoms with Gasteiger partial charge in [-0.25, -0.2) is 0 Å². The number of Topliss-reactive ketones (excluding diaryl/α,β-unsaturated/α-hetero) is 1. The van der Waals surface area contributed by atoms with Gasteiger partial charge in [-0.2, -0.15) is 0 Å². The lowest BCUT2D eigenvalue weighted by atomic mass is 10.0. The minimum absolute atomic E-state index is 0.0452. The fourth-order valence-corrected chi connectivity index (χ4v) is 3.26. The van der Waals surface area contributed by atoms with Crippen LogP contribution in [0.1, 0.15) is 54.9 Å². The van der Waals surface area contributed by atoms with Crippen molar-refractivity contribution in [3.63, 3.8) is 0 Å². The van der Waals surface area contributed by atoms with Gasteiger partial charge in [-0.3, -0.25) is 9.59 Å². The molecule has 21 heavy (non-hydrogen) atoms. The van der Waals surface area contributed by atoms with E-state index in [1.807, 2.05) is 30.0 Å². The van der Waals surface area contributed by atoms with Crippen LogP contribution >= 0.6 is 15.9 Å². The summed E-state index contributed by atoms with van der Waals surface area (Å²) in [6, 6.07) is 5.76. The molecule has 2 rings (SSSR count). The predicted molar refractivity (Wildman–Crippen MR) is 87.5 cm³/mol. The van der Waals surface area contributed by atoms with Gasteiger partial charge in [0.1, 0.15) is 5.78 Å². The van der Waals surface area contributed by atoms with Crippen molar-refractivity contribution in [1.82, 2.24) is 4.90 Å². The zero-order chi connectivity index (χ0) is 15.4. The Balaban J connectivity index is 2.23. The third-order valence-corrected chi connectivity index (χ3v) is 4.93. The van der Waals surface area contributed by atoms with E-state index in [1.54, 1.807) is 6.92 Å². The van der Waals surface area contributed by atoms with E-state index in [0.717, 1.165) is 42.3 Å². The summed E-state index contributed by atoms with van der Waals surface area (Å²) in [5, 5.41) is 0. The van der Waals surface area contributed by atoms with Gasteiger partial charge >= 0.3 is 0 Å². The molecule has 1 aliphatic heterocycles. The van der Waals surface area contributed by atoms with Crippen LogP contribution in [0.3, 0.4) is 0 Å². The molecule has 0 bridgehead atoms. The van der Waals surface area contributed by atoms with Crippen LogP contribution in [0.4, 0.5) is 0 Å². The maximum absolute atomic E-state index is 12.8. The monoisotopic (exact) mass is 351 g/mol. The van der Waals surface area contributed by atoms with Gasteiger partial charge in [-0.1, -0.05) is 34.8 Å². The van der Waals surface area contributed by atoms with Crippen molar-refractivity contribution in [2.45, 2.75) is 52.0 Å².